The number of carbonyl (C=O) groups excluding carboxylic acids is 1. The Balaban J connectivity index is 2.65. The van der Waals surface area contributed by atoms with Crippen molar-refractivity contribution >= 4 is 16.2 Å². The van der Waals surface area contributed by atoms with Gasteiger partial charge in [0.1, 0.15) is 0 Å². The summed E-state index contributed by atoms with van der Waals surface area (Å²) in [6.45, 7) is 0.202. The molecule has 1 fully saturated rings. The smallest absolute Gasteiger partial charge is 0.336 e. The summed E-state index contributed by atoms with van der Waals surface area (Å²) >= 11 is 0. The predicted octanol–water partition coefficient (Wildman–Crippen LogP) is -1.94. The van der Waals surface area contributed by atoms with Crippen LogP contribution in [0.25, 0.3) is 0 Å². The van der Waals surface area contributed by atoms with Gasteiger partial charge in [0.25, 0.3) is 10.2 Å². The molecule has 0 aliphatic carbocycles. The third kappa shape index (κ3) is 2.64. The molecule has 0 spiro atoms. The molecule has 82 valence electrons. The molecule has 14 heavy (non-hydrogen) atoms. The topological polar surface area (TPSA) is 98.9 Å². The standard InChI is InChI=1S/C6H12N2O5S/c1-12-6(9)5-4-8(2-3-13-5)14(7,10)11/h5H,2-4H2,1H3,(H2,7,10,11). The van der Waals surface area contributed by atoms with E-state index >= 15 is 0 Å². The second-order valence-electron chi connectivity index (χ2n) is 2.79. The summed E-state index contributed by atoms with van der Waals surface area (Å²) in [6.07, 6.45) is -0.882. The molecule has 1 atom stereocenters. The van der Waals surface area contributed by atoms with Gasteiger partial charge in [-0.3, -0.25) is 0 Å². The van der Waals surface area contributed by atoms with E-state index < -0.39 is 22.3 Å². The highest BCUT2D eigenvalue weighted by atomic mass is 32.2. The fourth-order valence-corrected chi connectivity index (χ4v) is 1.80. The molecule has 0 bridgehead atoms. The maximum Gasteiger partial charge on any atom is 0.336 e. The van der Waals surface area contributed by atoms with E-state index in [4.69, 9.17) is 9.88 Å². The van der Waals surface area contributed by atoms with Crippen molar-refractivity contribution in [3.63, 3.8) is 0 Å². The first-order valence-corrected chi connectivity index (χ1v) is 5.43. The summed E-state index contributed by atoms with van der Waals surface area (Å²) in [4.78, 5) is 11.0. The molecule has 0 aromatic carbocycles. The van der Waals surface area contributed by atoms with Crippen LogP contribution in [0.1, 0.15) is 0 Å². The van der Waals surface area contributed by atoms with Gasteiger partial charge >= 0.3 is 5.97 Å². The Kier molecular flexibility index (Phi) is 3.43. The number of carbonyl (C=O) groups is 1. The van der Waals surface area contributed by atoms with Gasteiger partial charge in [-0.25, -0.2) is 9.93 Å². The van der Waals surface area contributed by atoms with E-state index in [1.165, 1.54) is 7.11 Å². The van der Waals surface area contributed by atoms with Crippen LogP contribution in [0.4, 0.5) is 0 Å². The fourth-order valence-electron chi connectivity index (χ4n) is 1.13. The predicted molar refractivity (Wildman–Crippen MR) is 46.4 cm³/mol. The molecule has 1 heterocycles. The molecule has 1 saturated heterocycles. The van der Waals surface area contributed by atoms with Crippen LogP contribution in [0, 0.1) is 0 Å². The summed E-state index contributed by atoms with van der Waals surface area (Å²) in [7, 11) is -2.55. The van der Waals surface area contributed by atoms with Crippen LogP contribution in [-0.4, -0.2) is 51.6 Å². The van der Waals surface area contributed by atoms with Crippen LogP contribution >= 0.6 is 0 Å². The molecule has 0 radical (unpaired) electrons. The molecule has 0 saturated carbocycles. The minimum Gasteiger partial charge on any atom is -0.467 e. The molecule has 1 unspecified atom stereocenters. The third-order valence-corrected chi connectivity index (χ3v) is 2.90. The third-order valence-electron chi connectivity index (χ3n) is 1.85. The van der Waals surface area contributed by atoms with E-state index in [1.807, 2.05) is 0 Å². The van der Waals surface area contributed by atoms with Crippen molar-refractivity contribution in [1.29, 1.82) is 0 Å². The van der Waals surface area contributed by atoms with Crippen molar-refractivity contribution in [2.24, 2.45) is 5.14 Å². The zero-order chi connectivity index (χ0) is 10.8. The average molecular weight is 224 g/mol. The van der Waals surface area contributed by atoms with E-state index in [9.17, 15) is 13.2 Å². The summed E-state index contributed by atoms with van der Waals surface area (Å²) < 4.78 is 32.3. The number of hydrogen-bond donors (Lipinski definition) is 1. The van der Waals surface area contributed by atoms with Crippen molar-refractivity contribution in [2.75, 3.05) is 26.8 Å². The van der Waals surface area contributed by atoms with Gasteiger partial charge in [0, 0.05) is 6.54 Å². The molecule has 0 aromatic rings. The van der Waals surface area contributed by atoms with Crippen molar-refractivity contribution in [3.8, 4) is 0 Å². The highest BCUT2D eigenvalue weighted by molar-refractivity contribution is 7.86. The van der Waals surface area contributed by atoms with Gasteiger partial charge in [-0.15, -0.1) is 0 Å². The van der Waals surface area contributed by atoms with Crippen LogP contribution in [0.2, 0.25) is 0 Å². The fraction of sp³-hybridized carbons (Fsp3) is 0.833. The second kappa shape index (κ2) is 4.22. The minimum atomic E-state index is -3.75. The maximum atomic E-state index is 11.0. The summed E-state index contributed by atoms with van der Waals surface area (Å²) in [6, 6.07) is 0. The summed E-state index contributed by atoms with van der Waals surface area (Å²) in [5.74, 6) is -0.599. The van der Waals surface area contributed by atoms with Gasteiger partial charge in [-0.05, 0) is 0 Å². The van der Waals surface area contributed by atoms with Gasteiger partial charge in [0.15, 0.2) is 6.10 Å². The highest BCUT2D eigenvalue weighted by Crippen LogP contribution is 2.08. The Morgan fingerprint density at radius 3 is 2.79 bits per heavy atom. The number of morpholine rings is 1. The second-order valence-corrected chi connectivity index (χ2v) is 4.33. The largest absolute Gasteiger partial charge is 0.467 e. The highest BCUT2D eigenvalue weighted by Gasteiger charge is 2.31. The van der Waals surface area contributed by atoms with Gasteiger partial charge < -0.3 is 9.47 Å². The van der Waals surface area contributed by atoms with Crippen LogP contribution in [0.5, 0.6) is 0 Å². The van der Waals surface area contributed by atoms with E-state index in [2.05, 4.69) is 4.74 Å². The Morgan fingerprint density at radius 1 is 1.64 bits per heavy atom. The Morgan fingerprint density at radius 2 is 2.29 bits per heavy atom. The lowest BCUT2D eigenvalue weighted by molar-refractivity contribution is -0.157. The number of hydrogen-bond acceptors (Lipinski definition) is 5. The molecule has 2 N–H and O–H groups in total. The molecule has 7 nitrogen and oxygen atoms in total. The molecular weight excluding hydrogens is 212 g/mol. The van der Waals surface area contributed by atoms with Crippen molar-refractivity contribution in [2.45, 2.75) is 6.10 Å². The van der Waals surface area contributed by atoms with E-state index in [0.29, 0.717) is 0 Å². The average Bonchev–Trinajstić information content (AvgIpc) is 2.15. The van der Waals surface area contributed by atoms with Gasteiger partial charge in [-0.1, -0.05) is 0 Å². The number of esters is 1. The monoisotopic (exact) mass is 224 g/mol. The zero-order valence-corrected chi connectivity index (χ0v) is 8.49. The number of nitrogens with zero attached hydrogens (tertiary/aromatic N) is 1. The first kappa shape index (κ1) is 11.4. The van der Waals surface area contributed by atoms with Gasteiger partial charge in [-0.2, -0.15) is 12.7 Å². The molecule has 0 aromatic heterocycles. The number of rotatable bonds is 2. The molecule has 1 aliphatic rings. The minimum absolute atomic E-state index is 0.0918. The van der Waals surface area contributed by atoms with Gasteiger partial charge in [0.05, 0.1) is 20.3 Å². The Hall–Kier alpha value is -0.700. The van der Waals surface area contributed by atoms with E-state index in [0.717, 1.165) is 4.31 Å². The number of ether oxygens (including phenoxy) is 2. The maximum absolute atomic E-state index is 11.0. The lowest BCUT2D eigenvalue weighted by atomic mass is 10.3. The Labute approximate surface area is 81.9 Å². The Bertz CT molecular complexity index is 314. The summed E-state index contributed by atoms with van der Waals surface area (Å²) in [5, 5.41) is 4.90. The van der Waals surface area contributed by atoms with E-state index in [-0.39, 0.29) is 19.7 Å². The molecule has 0 amide bonds. The number of nitrogens with two attached hydrogens (primary N) is 1. The first-order valence-electron chi connectivity index (χ1n) is 3.92. The van der Waals surface area contributed by atoms with Crippen LogP contribution < -0.4 is 5.14 Å². The molecular formula is C6H12N2O5S. The lowest BCUT2D eigenvalue weighted by Gasteiger charge is -2.28. The normalized spacial score (nSPS) is 24.6. The van der Waals surface area contributed by atoms with Gasteiger partial charge in [0.2, 0.25) is 0 Å². The van der Waals surface area contributed by atoms with E-state index in [1.54, 1.807) is 0 Å². The van der Waals surface area contributed by atoms with Crippen LogP contribution in [0.3, 0.4) is 0 Å². The lowest BCUT2D eigenvalue weighted by Crippen LogP contribution is -2.50. The zero-order valence-electron chi connectivity index (χ0n) is 7.67. The number of methoxy groups -OCH3 is 1. The SMILES string of the molecule is COC(=O)C1CN(S(N)(=O)=O)CCO1. The quantitative estimate of drug-likeness (QED) is 0.550. The van der Waals surface area contributed by atoms with Crippen molar-refractivity contribution < 1.29 is 22.7 Å². The van der Waals surface area contributed by atoms with Crippen LogP contribution in [0.15, 0.2) is 0 Å². The van der Waals surface area contributed by atoms with Crippen molar-refractivity contribution in [3.05, 3.63) is 0 Å². The summed E-state index contributed by atoms with van der Waals surface area (Å²) in [5.41, 5.74) is 0. The molecule has 1 rings (SSSR count). The van der Waals surface area contributed by atoms with Crippen molar-refractivity contribution in [1.82, 2.24) is 4.31 Å². The molecule has 8 heteroatoms. The first-order chi connectivity index (χ1) is 6.45. The van der Waals surface area contributed by atoms with Crippen LogP contribution in [-0.2, 0) is 24.5 Å². The molecule has 1 aliphatic heterocycles.